The zero-order valence-electron chi connectivity index (χ0n) is 39.3. The highest BCUT2D eigenvalue weighted by atomic mass is 19.1. The van der Waals surface area contributed by atoms with Gasteiger partial charge in [0.1, 0.15) is 23.5 Å². The van der Waals surface area contributed by atoms with Crippen LogP contribution in [0.5, 0.6) is 0 Å². The molecule has 6 rings (SSSR count). The third kappa shape index (κ3) is 8.84. The predicted molar refractivity (Wildman–Crippen MR) is 219 cm³/mol. The van der Waals surface area contributed by atoms with E-state index in [1.54, 1.807) is 30.9 Å². The van der Waals surface area contributed by atoms with Crippen LogP contribution in [0.25, 0.3) is 33.2 Å². The Balaban J connectivity index is 1.35. The molecule has 0 bridgehead atoms. The van der Waals surface area contributed by atoms with E-state index in [2.05, 4.69) is 20.6 Å². The van der Waals surface area contributed by atoms with Gasteiger partial charge in [0.2, 0.25) is 17.7 Å². The summed E-state index contributed by atoms with van der Waals surface area (Å²) in [5.74, 6) is -4.56. The number of nitrogens with one attached hydrogen (secondary N) is 4. The number of hydrogen-bond acceptors (Lipinski definition) is 7. The molecule has 4 heterocycles. The summed E-state index contributed by atoms with van der Waals surface area (Å²) in [6, 6.07) is 5.26. The van der Waals surface area contributed by atoms with Gasteiger partial charge in [-0.2, -0.15) is 0 Å². The van der Waals surface area contributed by atoms with Crippen molar-refractivity contribution < 1.29 is 46.4 Å². The van der Waals surface area contributed by atoms with Crippen molar-refractivity contribution >= 4 is 45.3 Å². The Labute approximate surface area is 346 Å². The molecule has 2 saturated heterocycles. The Morgan fingerprint density at radius 3 is 1.84 bits per heavy atom. The number of carbonyl (C=O) groups excluding carboxylic acids is 4. The number of amides is 3. The highest BCUT2D eigenvalue weighted by molar-refractivity contribution is 5.97. The molecule has 8 atom stereocenters. The Morgan fingerprint density at radius 2 is 1.36 bits per heavy atom. The van der Waals surface area contributed by atoms with Gasteiger partial charge in [-0.15, -0.1) is 0 Å². The van der Waals surface area contributed by atoms with Crippen molar-refractivity contribution in [1.29, 1.82) is 0 Å². The maximum atomic E-state index is 14.9. The average molecular weight is 811 g/mol. The molecular formula is C44H58F2N6O6. The van der Waals surface area contributed by atoms with Crippen LogP contribution in [0.1, 0.15) is 92.4 Å². The zero-order valence-corrected chi connectivity index (χ0v) is 33.3. The Morgan fingerprint density at radius 1 is 0.828 bits per heavy atom. The quantitative estimate of drug-likeness (QED) is 0.0911. The number of rotatable bonds is 16. The standard InChI is InChI=1S/C44H58F2N6O6/c1-7-23(4)42(56)50-36(9-3)44(58)52-22-31(54)18-29(52)20-35-33-13-11-27(46)16-38(33)49-41(35)40-34(32-12-10-26(45)15-37(32)48-40)19-28-17-30(53)21-51(28)43(57)25(8-2)14-39(55)24(5)47-6/h10-13,15-16,23-25,28-31,36,47-49,53-54H,7-9,14,17-22H2,1-6H3,(H,50,56)/t23-,24+,25-,28+,29+,30+,31+,36+/m1/s1/i1D3,6D3. The lowest BCUT2D eigenvalue weighted by atomic mass is 9.93. The van der Waals surface area contributed by atoms with Crippen LogP contribution in [0.4, 0.5) is 8.78 Å². The zero-order chi connectivity index (χ0) is 47.0. The molecule has 0 spiro atoms. The minimum Gasteiger partial charge on any atom is -0.391 e. The lowest BCUT2D eigenvalue weighted by molar-refractivity contribution is -0.139. The first-order valence-corrected chi connectivity index (χ1v) is 20.1. The predicted octanol–water partition coefficient (Wildman–Crippen LogP) is 5.14. The third-order valence-electron chi connectivity index (χ3n) is 12.0. The van der Waals surface area contributed by atoms with Crippen molar-refractivity contribution in [3.05, 3.63) is 59.2 Å². The van der Waals surface area contributed by atoms with Crippen LogP contribution in [0.15, 0.2) is 36.4 Å². The molecule has 0 unspecified atom stereocenters. The fourth-order valence-corrected chi connectivity index (χ4v) is 8.57. The molecule has 0 aliphatic carbocycles. The van der Waals surface area contributed by atoms with Gasteiger partial charge >= 0.3 is 0 Å². The van der Waals surface area contributed by atoms with E-state index in [9.17, 15) is 38.2 Å². The van der Waals surface area contributed by atoms with Crippen LogP contribution in [-0.4, -0.2) is 110 Å². The highest BCUT2D eigenvalue weighted by Gasteiger charge is 2.41. The molecule has 2 fully saturated rings. The van der Waals surface area contributed by atoms with Crippen LogP contribution in [0, 0.1) is 23.5 Å². The molecule has 0 saturated carbocycles. The number of hydrogen-bond donors (Lipinski definition) is 6. The number of likely N-dealkylation sites (tertiary alicyclic amines) is 2. The van der Waals surface area contributed by atoms with Crippen LogP contribution in [-0.2, 0) is 32.0 Å². The normalized spacial score (nSPS) is 23.7. The van der Waals surface area contributed by atoms with Crippen molar-refractivity contribution in [2.75, 3.05) is 20.1 Å². The molecule has 4 aromatic rings. The van der Waals surface area contributed by atoms with Gasteiger partial charge in [-0.25, -0.2) is 8.78 Å². The van der Waals surface area contributed by atoms with Gasteiger partial charge in [0.25, 0.3) is 0 Å². The van der Waals surface area contributed by atoms with E-state index in [0.29, 0.717) is 44.3 Å². The van der Waals surface area contributed by atoms with Gasteiger partial charge in [0.15, 0.2) is 0 Å². The van der Waals surface area contributed by atoms with Crippen LogP contribution in [0.3, 0.4) is 0 Å². The smallest absolute Gasteiger partial charge is 0.245 e. The molecule has 6 N–H and O–H groups in total. The van der Waals surface area contributed by atoms with Crippen molar-refractivity contribution in [3.63, 3.8) is 0 Å². The largest absolute Gasteiger partial charge is 0.391 e. The van der Waals surface area contributed by atoms with E-state index in [-0.39, 0.29) is 70.4 Å². The summed E-state index contributed by atoms with van der Waals surface area (Å²) >= 11 is 0. The first-order chi connectivity index (χ1) is 30.0. The second-order valence-electron chi connectivity index (χ2n) is 16.0. The minimum absolute atomic E-state index is 0.00799. The van der Waals surface area contributed by atoms with Crippen molar-refractivity contribution in [3.8, 4) is 11.4 Å². The molecular weight excluding hydrogens is 747 g/mol. The fraction of sp³-hybridized carbons (Fsp3) is 0.545. The van der Waals surface area contributed by atoms with Crippen LogP contribution < -0.4 is 10.6 Å². The number of likely N-dealkylation sites (N-methyl/N-ethyl adjacent to an activating group) is 1. The number of H-pyrrole nitrogens is 2. The first-order valence-electron chi connectivity index (χ1n) is 23.1. The molecule has 3 amide bonds. The number of aromatic nitrogens is 2. The van der Waals surface area contributed by atoms with E-state index in [4.69, 9.17) is 8.22 Å². The van der Waals surface area contributed by atoms with Crippen molar-refractivity contribution in [2.24, 2.45) is 11.8 Å². The maximum absolute atomic E-state index is 14.9. The summed E-state index contributed by atoms with van der Waals surface area (Å²) in [4.78, 5) is 64.4. The number of Topliss-reactive ketones (excluding diaryl/α,β-unsaturated/α-hetero) is 1. The molecule has 2 aromatic heterocycles. The lowest BCUT2D eigenvalue weighted by Gasteiger charge is -2.30. The molecule has 14 heteroatoms. The number of fused-ring (bicyclic) bond motifs is 2. The number of aliphatic hydroxyl groups is 2. The number of aromatic amines is 2. The van der Waals surface area contributed by atoms with Gasteiger partial charge in [-0.05, 0) is 106 Å². The summed E-state index contributed by atoms with van der Waals surface area (Å²) in [7, 11) is 0. The van der Waals surface area contributed by atoms with E-state index < -0.39 is 91.3 Å². The fourth-order valence-electron chi connectivity index (χ4n) is 8.57. The van der Waals surface area contributed by atoms with Gasteiger partial charge in [0, 0.05) is 73.5 Å². The minimum atomic E-state index is -2.56. The lowest BCUT2D eigenvalue weighted by Crippen LogP contribution is -2.51. The summed E-state index contributed by atoms with van der Waals surface area (Å²) in [6.45, 7) is 1.45. The summed E-state index contributed by atoms with van der Waals surface area (Å²) in [5, 5.41) is 28.2. The van der Waals surface area contributed by atoms with Gasteiger partial charge in [-0.3, -0.25) is 19.2 Å². The monoisotopic (exact) mass is 810 g/mol. The SMILES string of the molecule is [2H]C([2H])([2H])C[C@@H](C)C(=O)N[C@@H](CC)C(=O)N1C[C@@H](O)C[C@H]1Cc1c(-c2[nH]c3cc(F)ccc3c2C[C@@H]2C[C@H](O)CN2C(=O)[C@H](CC)CC(=O)[C@H](C)NC([2H])([2H])[2H])[nH]c2cc(F)ccc12. The van der Waals surface area contributed by atoms with Gasteiger partial charge in [-0.1, -0.05) is 27.6 Å². The first kappa shape index (κ1) is 35.3. The number of halogens is 2. The molecule has 2 aromatic carbocycles. The number of ketones is 1. The Bertz CT molecular complexity index is 2210. The molecule has 314 valence electrons. The summed E-state index contributed by atoms with van der Waals surface area (Å²) < 4.78 is 74.9. The second-order valence-corrected chi connectivity index (χ2v) is 16.0. The average Bonchev–Trinajstić information content (AvgIpc) is 3.96. The number of aliphatic hydroxyl groups excluding tert-OH is 2. The van der Waals surface area contributed by atoms with Gasteiger partial charge < -0.3 is 40.6 Å². The maximum Gasteiger partial charge on any atom is 0.245 e. The topological polar surface area (TPSA) is 171 Å². The molecule has 0 radical (unpaired) electrons. The van der Waals surface area contributed by atoms with E-state index in [0.717, 1.165) is 0 Å². The van der Waals surface area contributed by atoms with Crippen LogP contribution in [0.2, 0.25) is 0 Å². The third-order valence-corrected chi connectivity index (χ3v) is 12.0. The molecule has 12 nitrogen and oxygen atoms in total. The molecule has 2 aliphatic rings. The highest BCUT2D eigenvalue weighted by Crippen LogP contribution is 2.40. The van der Waals surface area contributed by atoms with Crippen molar-refractivity contribution in [1.82, 2.24) is 30.4 Å². The number of carbonyl (C=O) groups is 4. The van der Waals surface area contributed by atoms with Gasteiger partial charge in [0.05, 0.1) is 29.6 Å². The Hall–Kier alpha value is -4.66. The van der Waals surface area contributed by atoms with Crippen molar-refractivity contribution in [2.45, 2.75) is 122 Å². The molecule has 58 heavy (non-hydrogen) atoms. The van der Waals surface area contributed by atoms with E-state index >= 15 is 0 Å². The summed E-state index contributed by atoms with van der Waals surface area (Å²) in [5.41, 5.74) is 3.12. The summed E-state index contributed by atoms with van der Waals surface area (Å²) in [6.07, 6.45) is -1.23. The Kier molecular flexibility index (Phi) is 11.0. The van der Waals surface area contributed by atoms with E-state index in [1.165, 1.54) is 43.0 Å². The van der Waals surface area contributed by atoms with Crippen LogP contribution >= 0.6 is 0 Å². The molecule has 2 aliphatic heterocycles. The number of benzene rings is 2. The number of β-amino-alcohol motifs (C(OH)–C–C–N with tert-alkyl or cyclic N) is 2. The number of nitrogens with zero attached hydrogens (tertiary/aromatic N) is 2. The second kappa shape index (κ2) is 18.1. The van der Waals surface area contributed by atoms with E-state index in [1.807, 2.05) is 0 Å².